The number of nitriles is 1. The zero-order chi connectivity index (χ0) is 18.7. The van der Waals surface area contributed by atoms with Crippen molar-refractivity contribution in [1.29, 1.82) is 5.26 Å². The van der Waals surface area contributed by atoms with Crippen molar-refractivity contribution in [2.24, 2.45) is 5.92 Å². The van der Waals surface area contributed by atoms with Crippen LogP contribution in [-0.4, -0.2) is 39.2 Å². The van der Waals surface area contributed by atoms with Gasteiger partial charge in [-0.25, -0.2) is 4.68 Å². The molecule has 0 radical (unpaired) electrons. The fourth-order valence-electron chi connectivity index (χ4n) is 2.65. The van der Waals surface area contributed by atoms with Gasteiger partial charge >= 0.3 is 0 Å². The Bertz CT molecular complexity index is 840. The molecule has 0 saturated heterocycles. The first-order chi connectivity index (χ1) is 12.5. The Morgan fingerprint density at radius 2 is 2.15 bits per heavy atom. The molecular weight excluding hydrogens is 352 g/mol. The molecule has 1 aliphatic carbocycles. The molecule has 1 heterocycles. The number of hydrogen-bond donors (Lipinski definition) is 2. The number of aromatic nitrogens is 3. The number of hydrogen-bond acceptors (Lipinski definition) is 7. The molecule has 0 spiro atoms. The monoisotopic (exact) mass is 372 g/mol. The number of nitrogens with two attached hydrogens (primary N) is 1. The number of rotatable bonds is 7. The summed E-state index contributed by atoms with van der Waals surface area (Å²) in [5.41, 5.74) is -0.00894. The lowest BCUT2D eigenvalue weighted by molar-refractivity contribution is -0.119. The number of ether oxygens (including phenoxy) is 1. The Balaban J connectivity index is 1.63. The van der Waals surface area contributed by atoms with E-state index in [2.05, 4.69) is 21.6 Å². The third kappa shape index (κ3) is 3.75. The van der Waals surface area contributed by atoms with Crippen molar-refractivity contribution in [3.05, 3.63) is 24.3 Å². The molecule has 9 heteroatoms. The molecule has 1 atom stereocenters. The maximum Gasteiger partial charge on any atom is 0.231 e. The van der Waals surface area contributed by atoms with Gasteiger partial charge in [0.25, 0.3) is 0 Å². The molecule has 0 bridgehead atoms. The first kappa shape index (κ1) is 18.1. The van der Waals surface area contributed by atoms with Crippen molar-refractivity contribution in [1.82, 2.24) is 20.2 Å². The summed E-state index contributed by atoms with van der Waals surface area (Å²) in [6.07, 6.45) is 1.94. The van der Waals surface area contributed by atoms with Crippen LogP contribution in [0.5, 0.6) is 5.75 Å². The first-order valence-corrected chi connectivity index (χ1v) is 9.15. The second-order valence-electron chi connectivity index (χ2n) is 6.33. The highest BCUT2D eigenvalue weighted by Gasteiger charge is 2.42. The molecule has 136 valence electrons. The van der Waals surface area contributed by atoms with Gasteiger partial charge in [-0.05, 0) is 49.9 Å². The van der Waals surface area contributed by atoms with E-state index < -0.39 is 5.54 Å². The molecular formula is C17H20N6O2S. The van der Waals surface area contributed by atoms with Gasteiger partial charge in [-0.2, -0.15) is 5.26 Å². The zero-order valence-corrected chi connectivity index (χ0v) is 15.4. The summed E-state index contributed by atoms with van der Waals surface area (Å²) in [6.45, 7) is 1.76. The summed E-state index contributed by atoms with van der Waals surface area (Å²) in [4.78, 5) is 12.2. The molecule has 8 nitrogen and oxygen atoms in total. The predicted octanol–water partition coefficient (Wildman–Crippen LogP) is 1.57. The van der Waals surface area contributed by atoms with Gasteiger partial charge in [-0.3, -0.25) is 4.79 Å². The van der Waals surface area contributed by atoms with Crippen LogP contribution in [0.25, 0.3) is 11.4 Å². The molecule has 2 aromatic rings. The molecule has 1 amide bonds. The Hall–Kier alpha value is -2.73. The van der Waals surface area contributed by atoms with Gasteiger partial charge in [0.1, 0.15) is 11.3 Å². The van der Waals surface area contributed by atoms with Crippen LogP contribution in [0.2, 0.25) is 0 Å². The van der Waals surface area contributed by atoms with Gasteiger partial charge in [0.15, 0.2) is 5.82 Å². The average molecular weight is 372 g/mol. The van der Waals surface area contributed by atoms with Gasteiger partial charge < -0.3 is 15.9 Å². The summed E-state index contributed by atoms with van der Waals surface area (Å²) in [7, 11) is 1.60. The number of nitrogens with zero attached hydrogens (tertiary/aromatic N) is 4. The SMILES string of the molecule is COc1ccc(-c2nnc(SCC(=O)N[C@@](C)(C#N)C3CC3)n2N)cc1. The number of carbonyl (C=O) groups excluding carboxylic acids is 1. The molecule has 3 N–H and O–H groups in total. The molecule has 0 unspecified atom stereocenters. The van der Waals surface area contributed by atoms with Crippen molar-refractivity contribution >= 4 is 17.7 Å². The molecule has 1 aromatic carbocycles. The number of thioether (sulfide) groups is 1. The van der Waals surface area contributed by atoms with Crippen LogP contribution in [0.1, 0.15) is 19.8 Å². The van der Waals surface area contributed by atoms with Crippen molar-refractivity contribution in [2.45, 2.75) is 30.5 Å². The standard InChI is InChI=1S/C17H20N6O2S/c1-17(10-18,12-5-6-12)20-14(24)9-26-16-22-21-15(23(16)19)11-3-7-13(25-2)8-4-11/h3-4,7-8,12H,5-6,9,19H2,1-2H3,(H,20,24)/t17-/m0/s1. The minimum Gasteiger partial charge on any atom is -0.497 e. The van der Waals surface area contributed by atoms with Crippen LogP contribution in [0.15, 0.2) is 29.4 Å². The normalized spacial score (nSPS) is 15.7. The third-order valence-corrected chi connectivity index (χ3v) is 5.31. The van der Waals surface area contributed by atoms with E-state index in [-0.39, 0.29) is 17.6 Å². The lowest BCUT2D eigenvalue weighted by Gasteiger charge is -2.22. The molecule has 26 heavy (non-hydrogen) atoms. The lowest BCUT2D eigenvalue weighted by atomic mass is 9.98. The van der Waals surface area contributed by atoms with Gasteiger partial charge in [-0.1, -0.05) is 11.8 Å². The Kier molecular flexibility index (Phi) is 5.04. The highest BCUT2D eigenvalue weighted by atomic mass is 32.2. The van der Waals surface area contributed by atoms with Gasteiger partial charge in [0.2, 0.25) is 11.1 Å². The fraction of sp³-hybridized carbons (Fsp3) is 0.412. The minimum absolute atomic E-state index is 0.113. The van der Waals surface area contributed by atoms with E-state index in [0.29, 0.717) is 11.0 Å². The molecule has 1 aromatic heterocycles. The van der Waals surface area contributed by atoms with Crippen molar-refractivity contribution in [3.8, 4) is 23.2 Å². The Morgan fingerprint density at radius 1 is 1.46 bits per heavy atom. The Labute approximate surface area is 155 Å². The largest absolute Gasteiger partial charge is 0.497 e. The number of benzene rings is 1. The van der Waals surface area contributed by atoms with E-state index in [0.717, 1.165) is 24.2 Å². The van der Waals surface area contributed by atoms with Crippen LogP contribution < -0.4 is 15.9 Å². The average Bonchev–Trinajstić information content (AvgIpc) is 3.45. The molecule has 3 rings (SSSR count). The summed E-state index contributed by atoms with van der Waals surface area (Å²) in [5, 5.41) is 20.7. The van der Waals surface area contributed by atoms with E-state index in [1.165, 1.54) is 16.4 Å². The maximum atomic E-state index is 12.2. The lowest BCUT2D eigenvalue weighted by Crippen LogP contribution is -2.47. The summed E-state index contributed by atoms with van der Waals surface area (Å²) >= 11 is 1.18. The highest BCUT2D eigenvalue weighted by molar-refractivity contribution is 7.99. The maximum absolute atomic E-state index is 12.2. The second-order valence-corrected chi connectivity index (χ2v) is 7.27. The minimum atomic E-state index is -0.803. The Morgan fingerprint density at radius 3 is 2.73 bits per heavy atom. The van der Waals surface area contributed by atoms with E-state index >= 15 is 0 Å². The van der Waals surface area contributed by atoms with Gasteiger partial charge in [0, 0.05) is 5.56 Å². The van der Waals surface area contributed by atoms with Crippen LogP contribution in [0.3, 0.4) is 0 Å². The number of methoxy groups -OCH3 is 1. The van der Waals surface area contributed by atoms with E-state index in [4.69, 9.17) is 10.6 Å². The highest BCUT2D eigenvalue weighted by Crippen LogP contribution is 2.39. The third-order valence-electron chi connectivity index (χ3n) is 4.37. The van der Waals surface area contributed by atoms with Crippen molar-refractivity contribution < 1.29 is 9.53 Å². The topological polar surface area (TPSA) is 119 Å². The van der Waals surface area contributed by atoms with Gasteiger partial charge in [-0.15, -0.1) is 10.2 Å². The number of amides is 1. The van der Waals surface area contributed by atoms with E-state index in [1.54, 1.807) is 14.0 Å². The van der Waals surface area contributed by atoms with E-state index in [1.807, 2.05) is 24.3 Å². The summed E-state index contributed by atoms with van der Waals surface area (Å²) in [6, 6.07) is 9.50. The van der Waals surface area contributed by atoms with Crippen molar-refractivity contribution in [3.63, 3.8) is 0 Å². The second kappa shape index (κ2) is 7.25. The van der Waals surface area contributed by atoms with Crippen LogP contribution >= 0.6 is 11.8 Å². The molecule has 0 aliphatic heterocycles. The summed E-state index contributed by atoms with van der Waals surface area (Å²) in [5.74, 6) is 7.42. The number of nitrogens with one attached hydrogen (secondary N) is 1. The van der Waals surface area contributed by atoms with Crippen molar-refractivity contribution in [2.75, 3.05) is 18.7 Å². The first-order valence-electron chi connectivity index (χ1n) is 8.17. The van der Waals surface area contributed by atoms with Crippen LogP contribution in [-0.2, 0) is 4.79 Å². The molecule has 1 saturated carbocycles. The van der Waals surface area contributed by atoms with E-state index in [9.17, 15) is 10.1 Å². The van der Waals surface area contributed by atoms with Crippen LogP contribution in [0.4, 0.5) is 0 Å². The quantitative estimate of drug-likeness (QED) is 0.559. The predicted molar refractivity (Wildman–Crippen MR) is 97.8 cm³/mol. The van der Waals surface area contributed by atoms with Crippen LogP contribution in [0, 0.1) is 17.2 Å². The number of nitrogen functional groups attached to an aromatic ring is 1. The van der Waals surface area contributed by atoms with Gasteiger partial charge in [0.05, 0.1) is 18.9 Å². The summed E-state index contributed by atoms with van der Waals surface area (Å²) < 4.78 is 6.48. The fourth-order valence-corrected chi connectivity index (χ4v) is 3.31. The smallest absolute Gasteiger partial charge is 0.231 e. The zero-order valence-electron chi connectivity index (χ0n) is 14.6. The molecule has 1 fully saturated rings. The number of carbonyl (C=O) groups is 1. The molecule has 1 aliphatic rings.